The van der Waals surface area contributed by atoms with Gasteiger partial charge in [0.25, 0.3) is 0 Å². The van der Waals surface area contributed by atoms with E-state index in [4.69, 9.17) is 16.7 Å². The molecule has 0 aliphatic carbocycles. The second-order valence-corrected chi connectivity index (χ2v) is 9.45. The first-order valence-corrected chi connectivity index (χ1v) is 12.2. The molecule has 0 bridgehead atoms. The number of fused-ring (bicyclic) bond motifs is 6. The summed E-state index contributed by atoms with van der Waals surface area (Å²) in [5.41, 5.74) is 6.80. The average Bonchev–Trinajstić information content (AvgIpc) is 3.51. The Bertz CT molecular complexity index is 1810. The van der Waals surface area contributed by atoms with Crippen LogP contribution in [0.3, 0.4) is 0 Å². The van der Waals surface area contributed by atoms with E-state index < -0.39 is 0 Å². The fraction of sp³-hybridized carbons (Fsp3) is 0.0357. The van der Waals surface area contributed by atoms with E-state index in [9.17, 15) is 0 Å². The lowest BCUT2D eigenvalue weighted by Crippen LogP contribution is -1.97. The van der Waals surface area contributed by atoms with Gasteiger partial charge >= 0.3 is 0 Å². The highest BCUT2D eigenvalue weighted by Gasteiger charge is 2.19. The van der Waals surface area contributed by atoms with Crippen LogP contribution >= 0.6 is 22.9 Å². The van der Waals surface area contributed by atoms with Gasteiger partial charge in [0.1, 0.15) is 11.5 Å². The molecule has 0 radical (unpaired) electrons. The van der Waals surface area contributed by atoms with E-state index in [1.54, 1.807) is 11.3 Å². The Labute approximate surface area is 199 Å². The molecule has 0 amide bonds. The summed E-state index contributed by atoms with van der Waals surface area (Å²) in [4.78, 5) is 0. The van der Waals surface area contributed by atoms with E-state index in [2.05, 4.69) is 102 Å². The Morgan fingerprint density at radius 2 is 1.45 bits per heavy atom. The molecule has 7 aromatic rings. The van der Waals surface area contributed by atoms with Crippen molar-refractivity contribution in [2.45, 2.75) is 6.00 Å². The van der Waals surface area contributed by atoms with Crippen LogP contribution in [-0.2, 0) is 6.00 Å². The molecular weight excluding hydrogens is 446 g/mol. The van der Waals surface area contributed by atoms with E-state index in [0.717, 1.165) is 22.5 Å². The van der Waals surface area contributed by atoms with Crippen molar-refractivity contribution in [3.05, 3.63) is 97.1 Å². The first-order valence-electron chi connectivity index (χ1n) is 10.9. The van der Waals surface area contributed by atoms with Crippen molar-refractivity contribution in [3.8, 4) is 16.9 Å². The van der Waals surface area contributed by atoms with E-state index in [0.29, 0.717) is 6.00 Å². The van der Waals surface area contributed by atoms with Crippen LogP contribution < -0.4 is 0 Å². The molecule has 0 atom stereocenters. The van der Waals surface area contributed by atoms with Crippen LogP contribution in [0.1, 0.15) is 0 Å². The third kappa shape index (κ3) is 2.71. The summed E-state index contributed by atoms with van der Waals surface area (Å²) in [7, 11) is 0. The zero-order valence-corrected chi connectivity index (χ0v) is 19.1. The fourth-order valence-corrected chi connectivity index (χ4v) is 6.30. The quantitative estimate of drug-likeness (QED) is 0.242. The van der Waals surface area contributed by atoms with Gasteiger partial charge in [0, 0.05) is 32.1 Å². The molecule has 0 spiro atoms. The Morgan fingerprint density at radius 1 is 0.727 bits per heavy atom. The molecule has 4 aromatic carbocycles. The number of nitrogens with zero attached hydrogens (tertiary/aromatic N) is 3. The second-order valence-electron chi connectivity index (χ2n) is 8.16. The first kappa shape index (κ1) is 18.9. The molecule has 0 saturated carbocycles. The maximum Gasteiger partial charge on any atom is 0.116 e. The molecule has 3 heterocycles. The predicted octanol–water partition coefficient (Wildman–Crippen LogP) is 8.21. The van der Waals surface area contributed by atoms with Crippen LogP contribution in [0.25, 0.3) is 59.1 Å². The molecule has 7 rings (SSSR count). The van der Waals surface area contributed by atoms with Gasteiger partial charge < -0.3 is 4.57 Å². The number of para-hydroxylation sites is 2. The topological polar surface area (TPSA) is 22.8 Å². The van der Waals surface area contributed by atoms with Crippen LogP contribution in [0.4, 0.5) is 0 Å². The normalized spacial score (nSPS) is 11.9. The Morgan fingerprint density at radius 3 is 2.30 bits per heavy atom. The molecule has 33 heavy (non-hydrogen) atoms. The standard InChI is InChI=1S/C28H18ClN3S/c29-17-31-27(28-26(30-31)21-11-5-7-13-25(21)33-28)18-14-15-24-22(16-18)20-10-4-6-12-23(20)32(24)19-8-2-1-3-9-19/h1-16H,17H2. The summed E-state index contributed by atoms with van der Waals surface area (Å²) in [6, 6.07) is 34.6. The number of hydrogen-bond acceptors (Lipinski definition) is 2. The number of aromatic nitrogens is 3. The zero-order valence-electron chi connectivity index (χ0n) is 17.6. The molecule has 0 unspecified atom stereocenters. The number of hydrogen-bond donors (Lipinski definition) is 0. The largest absolute Gasteiger partial charge is 0.309 e. The zero-order chi connectivity index (χ0) is 21.9. The minimum atomic E-state index is 0.314. The number of benzene rings is 4. The average molecular weight is 464 g/mol. The van der Waals surface area contributed by atoms with Gasteiger partial charge in [-0.05, 0) is 36.4 Å². The summed E-state index contributed by atoms with van der Waals surface area (Å²) in [6.45, 7) is 0. The van der Waals surface area contributed by atoms with Crippen LogP contribution in [0.2, 0.25) is 0 Å². The Hall–Kier alpha value is -3.60. The lowest BCUT2D eigenvalue weighted by Gasteiger charge is -2.08. The number of halogens is 1. The summed E-state index contributed by atoms with van der Waals surface area (Å²) >= 11 is 8.14. The molecular formula is C28H18ClN3S. The van der Waals surface area contributed by atoms with Gasteiger partial charge in [-0.3, -0.25) is 0 Å². The first-order chi connectivity index (χ1) is 16.3. The summed E-state index contributed by atoms with van der Waals surface area (Å²) in [5, 5.41) is 8.53. The molecule has 0 fully saturated rings. The highest BCUT2D eigenvalue weighted by atomic mass is 35.5. The molecule has 5 heteroatoms. The van der Waals surface area contributed by atoms with Gasteiger partial charge in [-0.2, -0.15) is 5.10 Å². The maximum atomic E-state index is 6.36. The van der Waals surface area contributed by atoms with E-state index in [1.165, 1.54) is 36.6 Å². The lowest BCUT2D eigenvalue weighted by atomic mass is 10.1. The Kier molecular flexibility index (Phi) is 4.13. The Balaban J connectivity index is 1.55. The molecule has 3 aromatic heterocycles. The van der Waals surface area contributed by atoms with Gasteiger partial charge in [-0.25, -0.2) is 4.68 Å². The van der Waals surface area contributed by atoms with Gasteiger partial charge in [0.15, 0.2) is 0 Å². The second kappa shape index (κ2) is 7.20. The fourth-order valence-electron chi connectivity index (χ4n) is 4.92. The van der Waals surface area contributed by atoms with Gasteiger partial charge in [0.05, 0.1) is 21.4 Å². The van der Waals surface area contributed by atoms with Crippen LogP contribution in [-0.4, -0.2) is 14.3 Å². The van der Waals surface area contributed by atoms with Crippen LogP contribution in [0.5, 0.6) is 0 Å². The summed E-state index contributed by atoms with van der Waals surface area (Å²) < 4.78 is 6.69. The van der Waals surface area contributed by atoms with Gasteiger partial charge in [-0.1, -0.05) is 60.7 Å². The minimum absolute atomic E-state index is 0.314. The van der Waals surface area contributed by atoms with Crippen molar-refractivity contribution in [3.63, 3.8) is 0 Å². The molecule has 0 saturated heterocycles. The van der Waals surface area contributed by atoms with Crippen molar-refractivity contribution in [2.75, 3.05) is 0 Å². The SMILES string of the molecule is ClCn1nc2c(sc3ccccc32)c1-c1ccc2c(c1)c1ccccc1n2-c1ccccc1. The lowest BCUT2D eigenvalue weighted by molar-refractivity contribution is 0.764. The van der Waals surface area contributed by atoms with E-state index in [1.807, 2.05) is 4.68 Å². The van der Waals surface area contributed by atoms with Crippen molar-refractivity contribution < 1.29 is 0 Å². The van der Waals surface area contributed by atoms with Crippen molar-refractivity contribution in [1.82, 2.24) is 14.3 Å². The third-order valence-corrected chi connectivity index (χ3v) is 7.73. The number of thiophene rings is 1. The summed E-state index contributed by atoms with van der Waals surface area (Å²) in [5.74, 6) is 0. The van der Waals surface area contributed by atoms with Gasteiger partial charge in [-0.15, -0.1) is 22.9 Å². The van der Waals surface area contributed by atoms with Crippen molar-refractivity contribution in [2.24, 2.45) is 0 Å². The molecule has 0 aliphatic heterocycles. The minimum Gasteiger partial charge on any atom is -0.309 e. The number of rotatable bonds is 3. The molecule has 158 valence electrons. The third-order valence-electron chi connectivity index (χ3n) is 6.34. The predicted molar refractivity (Wildman–Crippen MR) is 141 cm³/mol. The van der Waals surface area contributed by atoms with Crippen LogP contribution in [0, 0.1) is 0 Å². The maximum absolute atomic E-state index is 6.36. The molecule has 0 N–H and O–H groups in total. The van der Waals surface area contributed by atoms with Crippen LogP contribution in [0.15, 0.2) is 97.1 Å². The van der Waals surface area contributed by atoms with Gasteiger partial charge in [0.2, 0.25) is 0 Å². The van der Waals surface area contributed by atoms with Crippen molar-refractivity contribution in [1.29, 1.82) is 0 Å². The van der Waals surface area contributed by atoms with Crippen molar-refractivity contribution >= 4 is 65.0 Å². The summed E-state index contributed by atoms with van der Waals surface area (Å²) in [6.07, 6.45) is 0. The highest BCUT2D eigenvalue weighted by Crippen LogP contribution is 2.41. The number of alkyl halides is 1. The molecule has 0 aliphatic rings. The van der Waals surface area contributed by atoms with E-state index in [-0.39, 0.29) is 0 Å². The van der Waals surface area contributed by atoms with E-state index >= 15 is 0 Å². The smallest absolute Gasteiger partial charge is 0.116 e. The monoisotopic (exact) mass is 463 g/mol. The highest BCUT2D eigenvalue weighted by molar-refractivity contribution is 7.26. The molecule has 3 nitrogen and oxygen atoms in total.